The molecule has 0 aromatic heterocycles. The molecule has 3 atom stereocenters. The number of amides is 4. The van der Waals surface area contributed by atoms with Gasteiger partial charge in [-0.2, -0.15) is 0 Å². The molecule has 17 heteroatoms. The Kier molecular flexibility index (Phi) is 52.5. The standard InChI is InChI=1S/C30H57NO6.C16H30N2O5.C4H9NO2/c1-3-5-6-7-8-9-10-11-12-13-14-15-16-17-18-21-29(33)31-28(30(34)35)23-22-27(32)20-19-24-37-26-25-36-4-2;1-13(14(2)19)6-4-5-7-18-16(21)12-23-11-10-22-9-8-17-15(3)20;1-3(2-6)4(5)7/h28H,3-26H2,1-2H3,(H,31,33)(H,34,35);13H,4-12H2,1-3H3,(H,17,20)(H,18,21);3,6H,2H2,1H3,(H2,5,7)/t28-;13-;3-/m000/s1. The van der Waals surface area contributed by atoms with Crippen molar-refractivity contribution in [3.63, 3.8) is 0 Å². The predicted molar refractivity (Wildman–Crippen MR) is 262 cm³/mol. The molecule has 4 amide bonds. The molecule has 0 fully saturated rings. The van der Waals surface area contributed by atoms with Crippen LogP contribution in [0, 0.1) is 11.8 Å². The number of carbonyl (C=O) groups excluding carboxylic acids is 6. The Morgan fingerprint density at radius 1 is 0.537 bits per heavy atom. The number of aliphatic hydroxyl groups excluding tert-OH is 1. The first-order valence-electron chi connectivity index (χ1n) is 25.4. The van der Waals surface area contributed by atoms with Crippen LogP contribution in [-0.2, 0) is 52.5 Å². The van der Waals surface area contributed by atoms with Gasteiger partial charge < -0.3 is 50.8 Å². The smallest absolute Gasteiger partial charge is 0.326 e. The molecule has 0 heterocycles. The number of primary amides is 1. The Morgan fingerprint density at radius 3 is 1.57 bits per heavy atom. The number of Topliss-reactive ketones (excluding diaryl/α,β-unsaturated/α-hetero) is 2. The Morgan fingerprint density at radius 2 is 1.07 bits per heavy atom. The van der Waals surface area contributed by atoms with Gasteiger partial charge in [-0.1, -0.05) is 117 Å². The first-order chi connectivity index (χ1) is 32.1. The quantitative estimate of drug-likeness (QED) is 0.0345. The van der Waals surface area contributed by atoms with E-state index in [9.17, 15) is 38.7 Å². The van der Waals surface area contributed by atoms with Gasteiger partial charge in [0.15, 0.2) is 0 Å². The van der Waals surface area contributed by atoms with E-state index in [1.165, 1.54) is 84.0 Å². The molecule has 394 valence electrons. The molecule has 0 unspecified atom stereocenters. The summed E-state index contributed by atoms with van der Waals surface area (Å²) < 4.78 is 21.0. The maximum Gasteiger partial charge on any atom is 0.326 e. The molecule has 0 aliphatic heterocycles. The largest absolute Gasteiger partial charge is 0.480 e. The van der Waals surface area contributed by atoms with Gasteiger partial charge in [-0.3, -0.25) is 28.8 Å². The van der Waals surface area contributed by atoms with Crippen molar-refractivity contribution in [2.45, 2.75) is 195 Å². The fourth-order valence-corrected chi connectivity index (χ4v) is 6.18. The highest BCUT2D eigenvalue weighted by molar-refractivity contribution is 5.84. The van der Waals surface area contributed by atoms with E-state index < -0.39 is 23.8 Å². The number of hydrogen-bond acceptors (Lipinski definition) is 12. The Balaban J connectivity index is -0.00000115. The number of hydrogen-bond donors (Lipinski definition) is 6. The molecular weight excluding hydrogens is 865 g/mol. The van der Waals surface area contributed by atoms with Crippen LogP contribution in [0.4, 0.5) is 0 Å². The second kappa shape index (κ2) is 51.9. The van der Waals surface area contributed by atoms with Crippen molar-refractivity contribution in [2.24, 2.45) is 17.6 Å². The van der Waals surface area contributed by atoms with Gasteiger partial charge in [-0.05, 0) is 46.0 Å². The summed E-state index contributed by atoms with van der Waals surface area (Å²) in [6.45, 7) is 15.0. The fraction of sp³-hybridized carbons (Fsp3) is 0.860. The van der Waals surface area contributed by atoms with Crippen LogP contribution in [0.2, 0.25) is 0 Å². The zero-order chi connectivity index (χ0) is 50.8. The van der Waals surface area contributed by atoms with Gasteiger partial charge in [0.1, 0.15) is 24.2 Å². The Labute approximate surface area is 404 Å². The zero-order valence-corrected chi connectivity index (χ0v) is 42.7. The van der Waals surface area contributed by atoms with Gasteiger partial charge in [-0.25, -0.2) is 4.79 Å². The van der Waals surface area contributed by atoms with Crippen LogP contribution in [0.3, 0.4) is 0 Å². The molecule has 67 heavy (non-hydrogen) atoms. The second-order valence-electron chi connectivity index (χ2n) is 17.1. The van der Waals surface area contributed by atoms with Gasteiger partial charge in [0.25, 0.3) is 0 Å². The van der Waals surface area contributed by atoms with E-state index in [2.05, 4.69) is 22.9 Å². The first-order valence-corrected chi connectivity index (χ1v) is 25.4. The van der Waals surface area contributed by atoms with Gasteiger partial charge >= 0.3 is 5.97 Å². The normalized spacial score (nSPS) is 12.0. The van der Waals surface area contributed by atoms with Crippen LogP contribution < -0.4 is 21.7 Å². The third-order valence-electron chi connectivity index (χ3n) is 10.7. The van der Waals surface area contributed by atoms with Gasteiger partial charge in [0.2, 0.25) is 23.6 Å². The maximum atomic E-state index is 12.2. The van der Waals surface area contributed by atoms with E-state index in [1.54, 1.807) is 13.8 Å². The number of carboxylic acid groups (broad SMARTS) is 1. The lowest BCUT2D eigenvalue weighted by Crippen LogP contribution is -2.41. The van der Waals surface area contributed by atoms with Crippen LogP contribution in [0.15, 0.2) is 0 Å². The number of nitrogens with two attached hydrogens (primary N) is 1. The van der Waals surface area contributed by atoms with Crippen LogP contribution in [0.5, 0.6) is 0 Å². The van der Waals surface area contributed by atoms with Crippen LogP contribution in [0.1, 0.15) is 189 Å². The molecule has 0 aliphatic carbocycles. The molecule has 0 rings (SSSR count). The molecule has 0 aromatic carbocycles. The summed E-state index contributed by atoms with van der Waals surface area (Å²) in [5.41, 5.74) is 4.75. The average Bonchev–Trinajstić information content (AvgIpc) is 3.29. The minimum Gasteiger partial charge on any atom is -0.480 e. The molecule has 0 bridgehead atoms. The van der Waals surface area contributed by atoms with Crippen molar-refractivity contribution in [3.05, 3.63) is 0 Å². The molecule has 7 N–H and O–H groups in total. The van der Waals surface area contributed by atoms with Gasteiger partial charge in [0, 0.05) is 58.4 Å². The lowest BCUT2D eigenvalue weighted by atomic mass is 10.0. The van der Waals surface area contributed by atoms with Gasteiger partial charge in [0.05, 0.1) is 45.6 Å². The van der Waals surface area contributed by atoms with E-state index in [0.717, 1.165) is 38.5 Å². The van der Waals surface area contributed by atoms with Crippen molar-refractivity contribution >= 4 is 41.2 Å². The highest BCUT2D eigenvalue weighted by Crippen LogP contribution is 2.14. The van der Waals surface area contributed by atoms with Crippen molar-refractivity contribution in [2.75, 3.05) is 72.6 Å². The Bertz CT molecular complexity index is 1240. The number of rotatable bonds is 45. The number of ether oxygens (including phenoxy) is 4. The number of carbonyl (C=O) groups is 7. The molecule has 0 saturated carbocycles. The summed E-state index contributed by atoms with van der Waals surface area (Å²) in [5, 5.41) is 25.6. The van der Waals surface area contributed by atoms with Crippen LogP contribution in [0.25, 0.3) is 0 Å². The number of unbranched alkanes of at least 4 members (excludes halogenated alkanes) is 15. The van der Waals surface area contributed by atoms with E-state index >= 15 is 0 Å². The number of ketones is 2. The van der Waals surface area contributed by atoms with Crippen molar-refractivity contribution in [1.29, 1.82) is 0 Å². The summed E-state index contributed by atoms with van der Waals surface area (Å²) in [6, 6.07) is -1.00. The van der Waals surface area contributed by atoms with Crippen molar-refractivity contribution < 1.29 is 62.7 Å². The lowest BCUT2D eigenvalue weighted by Gasteiger charge is -2.14. The number of carboxylic acids is 1. The minimum absolute atomic E-state index is 0.00341. The molecule has 0 aromatic rings. The fourth-order valence-electron chi connectivity index (χ4n) is 6.18. The average molecular weight is 961 g/mol. The maximum absolute atomic E-state index is 12.2. The lowest BCUT2D eigenvalue weighted by molar-refractivity contribution is -0.142. The number of aliphatic carboxylic acids is 1. The molecule has 0 spiro atoms. The second-order valence-corrected chi connectivity index (χ2v) is 17.1. The van der Waals surface area contributed by atoms with Crippen molar-refractivity contribution in [3.8, 4) is 0 Å². The molecular formula is C50H96N4O13. The highest BCUT2D eigenvalue weighted by atomic mass is 16.5. The van der Waals surface area contributed by atoms with Crippen LogP contribution in [-0.4, -0.2) is 130 Å². The number of aliphatic hydroxyl groups is 1. The molecule has 17 nitrogen and oxygen atoms in total. The Hall–Kier alpha value is -3.51. The van der Waals surface area contributed by atoms with Crippen molar-refractivity contribution in [1.82, 2.24) is 16.0 Å². The van der Waals surface area contributed by atoms with E-state index in [0.29, 0.717) is 78.6 Å². The SMILES string of the molecule is CC(=O)NCCOCCOCC(=O)NCCCC[C@H](C)C(C)=O.CCCCCCCCCCCCCCCCCC(=O)N[C@@H](CCC(=O)CCCOCCOCC)C(=O)O.C[C@@H](CO)C(N)=O. The summed E-state index contributed by atoms with van der Waals surface area (Å²) in [7, 11) is 0. The molecule has 0 aliphatic rings. The monoisotopic (exact) mass is 961 g/mol. The minimum atomic E-state index is -1.09. The summed E-state index contributed by atoms with van der Waals surface area (Å²) in [5.74, 6) is -2.12. The van der Waals surface area contributed by atoms with E-state index in [4.69, 9.17) is 29.8 Å². The zero-order valence-electron chi connectivity index (χ0n) is 42.7. The third kappa shape index (κ3) is 55.0. The van der Waals surface area contributed by atoms with Crippen LogP contribution >= 0.6 is 0 Å². The summed E-state index contributed by atoms with van der Waals surface area (Å²) in [6.07, 6.45) is 23.2. The van der Waals surface area contributed by atoms with Gasteiger partial charge in [-0.15, -0.1) is 0 Å². The first kappa shape index (κ1) is 67.8. The van der Waals surface area contributed by atoms with E-state index in [1.807, 2.05) is 13.8 Å². The van der Waals surface area contributed by atoms with E-state index in [-0.39, 0.29) is 61.3 Å². The third-order valence-corrected chi connectivity index (χ3v) is 10.7. The molecule has 0 radical (unpaired) electrons. The predicted octanol–water partition coefficient (Wildman–Crippen LogP) is 6.77. The highest BCUT2D eigenvalue weighted by Gasteiger charge is 2.21. The number of nitrogens with one attached hydrogen (secondary N) is 3. The topological polar surface area (TPSA) is 259 Å². The summed E-state index contributed by atoms with van der Waals surface area (Å²) in [4.78, 5) is 78.8. The summed E-state index contributed by atoms with van der Waals surface area (Å²) >= 11 is 0. The molecule has 0 saturated heterocycles.